The molecule has 0 atom stereocenters. The van der Waals surface area contributed by atoms with Gasteiger partial charge in [0, 0.05) is 18.0 Å². The number of hydrogen-bond acceptors (Lipinski definition) is 7. The normalized spacial score (nSPS) is 16.4. The lowest BCUT2D eigenvalue weighted by atomic mass is 9.87. The maximum atomic E-state index is 12.7. The average Bonchev–Trinajstić information content (AvgIpc) is 3.52. The zero-order valence-electron chi connectivity index (χ0n) is 20.5. The molecule has 0 unspecified atom stereocenters. The summed E-state index contributed by atoms with van der Waals surface area (Å²) < 4.78 is 16.3. The maximum Gasteiger partial charge on any atom is 0.241 e. The molecule has 1 fully saturated rings. The summed E-state index contributed by atoms with van der Waals surface area (Å²) in [5.41, 5.74) is 3.33. The Labute approximate surface area is 205 Å². The quantitative estimate of drug-likeness (QED) is 0.568. The van der Waals surface area contributed by atoms with E-state index in [0.29, 0.717) is 24.8 Å². The fourth-order valence-electron chi connectivity index (χ4n) is 4.48. The van der Waals surface area contributed by atoms with Gasteiger partial charge in [0.15, 0.2) is 11.5 Å². The van der Waals surface area contributed by atoms with E-state index >= 15 is 0 Å². The second kappa shape index (κ2) is 9.70. The van der Waals surface area contributed by atoms with Crippen LogP contribution in [0.1, 0.15) is 50.6 Å². The summed E-state index contributed by atoms with van der Waals surface area (Å²) in [4.78, 5) is 19.5. The largest absolute Gasteiger partial charge is 0.454 e. The van der Waals surface area contributed by atoms with Crippen LogP contribution in [0.15, 0.2) is 47.0 Å². The van der Waals surface area contributed by atoms with Crippen molar-refractivity contribution >= 4 is 5.91 Å². The number of amides is 1. The first kappa shape index (κ1) is 23.4. The lowest BCUT2D eigenvalue weighted by Crippen LogP contribution is -2.40. The minimum Gasteiger partial charge on any atom is -0.454 e. The van der Waals surface area contributed by atoms with E-state index in [1.807, 2.05) is 30.3 Å². The van der Waals surface area contributed by atoms with Crippen LogP contribution in [0.5, 0.6) is 11.5 Å². The minimum absolute atomic E-state index is 0.0137. The van der Waals surface area contributed by atoms with Gasteiger partial charge in [0.25, 0.3) is 0 Å². The van der Waals surface area contributed by atoms with Gasteiger partial charge in [-0.2, -0.15) is 4.98 Å². The molecule has 0 saturated carbocycles. The zero-order chi connectivity index (χ0) is 24.4. The zero-order valence-corrected chi connectivity index (χ0v) is 20.5. The van der Waals surface area contributed by atoms with Crippen LogP contribution < -0.4 is 14.8 Å². The van der Waals surface area contributed by atoms with Crippen LogP contribution in [0, 0.1) is 5.92 Å². The number of fused-ring (bicyclic) bond motifs is 1. The van der Waals surface area contributed by atoms with Gasteiger partial charge in [-0.1, -0.05) is 56.3 Å². The van der Waals surface area contributed by atoms with Crippen molar-refractivity contribution < 1.29 is 18.8 Å². The van der Waals surface area contributed by atoms with E-state index in [-0.39, 0.29) is 24.0 Å². The highest BCUT2D eigenvalue weighted by Gasteiger charge is 2.26. The van der Waals surface area contributed by atoms with Crippen LogP contribution >= 0.6 is 0 Å². The molecule has 8 heteroatoms. The van der Waals surface area contributed by atoms with E-state index in [1.54, 1.807) is 0 Å². The smallest absolute Gasteiger partial charge is 0.241 e. The highest BCUT2D eigenvalue weighted by Crippen LogP contribution is 2.32. The van der Waals surface area contributed by atoms with Crippen molar-refractivity contribution in [2.45, 2.75) is 52.1 Å². The van der Waals surface area contributed by atoms with Gasteiger partial charge < -0.3 is 19.3 Å². The number of carbonyl (C=O) groups is 1. The first-order chi connectivity index (χ1) is 16.8. The predicted octanol–water partition coefficient (Wildman–Crippen LogP) is 4.29. The molecule has 2 aliphatic rings. The van der Waals surface area contributed by atoms with Gasteiger partial charge in [-0.25, -0.2) is 0 Å². The number of ether oxygens (including phenoxy) is 2. The molecule has 184 valence electrons. The molecule has 0 bridgehead atoms. The summed E-state index contributed by atoms with van der Waals surface area (Å²) in [5.74, 6) is 2.81. The number of benzene rings is 2. The van der Waals surface area contributed by atoms with E-state index in [0.717, 1.165) is 48.6 Å². The van der Waals surface area contributed by atoms with Crippen molar-refractivity contribution in [1.82, 2.24) is 20.4 Å². The summed E-state index contributed by atoms with van der Waals surface area (Å²) >= 11 is 0. The molecule has 3 aromatic rings. The average molecular weight is 477 g/mol. The molecule has 1 amide bonds. The molecular weight excluding hydrogens is 444 g/mol. The Kier molecular flexibility index (Phi) is 6.47. The molecule has 1 saturated heterocycles. The first-order valence-electron chi connectivity index (χ1n) is 12.2. The van der Waals surface area contributed by atoms with Crippen LogP contribution in [0.25, 0.3) is 11.4 Å². The van der Waals surface area contributed by atoms with Gasteiger partial charge in [-0.15, -0.1) is 0 Å². The Morgan fingerprint density at radius 1 is 1.06 bits per heavy atom. The highest BCUT2D eigenvalue weighted by molar-refractivity contribution is 5.78. The number of hydrogen-bond donors (Lipinski definition) is 1. The van der Waals surface area contributed by atoms with Crippen LogP contribution in [0.4, 0.5) is 0 Å². The second-order valence-electron chi connectivity index (χ2n) is 10.3. The molecule has 5 rings (SSSR count). The number of rotatable bonds is 6. The maximum absolute atomic E-state index is 12.7. The van der Waals surface area contributed by atoms with Gasteiger partial charge in [-0.3, -0.25) is 9.69 Å². The monoisotopic (exact) mass is 476 g/mol. The summed E-state index contributed by atoms with van der Waals surface area (Å²) in [5, 5.41) is 7.23. The predicted molar refractivity (Wildman–Crippen MR) is 131 cm³/mol. The van der Waals surface area contributed by atoms with Gasteiger partial charge in [0.05, 0.1) is 6.54 Å². The number of carbonyl (C=O) groups excluding carboxylic acids is 1. The van der Waals surface area contributed by atoms with Crippen LogP contribution in [-0.4, -0.2) is 40.8 Å². The fourth-order valence-corrected chi connectivity index (χ4v) is 4.48. The van der Waals surface area contributed by atoms with Crippen molar-refractivity contribution in [3.63, 3.8) is 0 Å². The topological polar surface area (TPSA) is 89.7 Å². The highest BCUT2D eigenvalue weighted by atomic mass is 16.7. The number of aromatic nitrogens is 2. The summed E-state index contributed by atoms with van der Waals surface area (Å²) in [6.07, 6.45) is 1.62. The first-order valence-corrected chi connectivity index (χ1v) is 12.2. The van der Waals surface area contributed by atoms with E-state index in [1.165, 1.54) is 5.56 Å². The van der Waals surface area contributed by atoms with Crippen molar-refractivity contribution in [2.75, 3.05) is 19.9 Å². The standard InChI is InChI=1S/C27H32N4O4/c1-27(2,3)21-7-5-19(6-8-21)25-29-24(35-30-25)16-31-12-10-20(11-13-31)26(32)28-15-18-4-9-22-23(14-18)34-17-33-22/h4-9,14,20H,10-13,15-17H2,1-3H3,(H,28,32). The van der Waals surface area contributed by atoms with Gasteiger partial charge in [0.2, 0.25) is 24.4 Å². The molecule has 1 aromatic heterocycles. The van der Waals surface area contributed by atoms with Gasteiger partial charge in [0.1, 0.15) is 0 Å². The second-order valence-corrected chi connectivity index (χ2v) is 10.3. The minimum atomic E-state index is 0.0137. The molecular formula is C27H32N4O4. The third-order valence-corrected chi connectivity index (χ3v) is 6.70. The molecule has 0 radical (unpaired) electrons. The van der Waals surface area contributed by atoms with E-state index in [9.17, 15) is 4.79 Å². The van der Waals surface area contributed by atoms with E-state index < -0.39 is 0 Å². The van der Waals surface area contributed by atoms with E-state index in [2.05, 4.69) is 53.3 Å². The number of piperidine rings is 1. The fraction of sp³-hybridized carbons (Fsp3) is 0.444. The third kappa shape index (κ3) is 5.48. The van der Waals surface area contributed by atoms with Crippen LogP contribution in [0.3, 0.4) is 0 Å². The molecule has 35 heavy (non-hydrogen) atoms. The van der Waals surface area contributed by atoms with Gasteiger partial charge in [-0.05, 0) is 54.6 Å². The van der Waals surface area contributed by atoms with Crippen LogP contribution in [0.2, 0.25) is 0 Å². The lowest BCUT2D eigenvalue weighted by molar-refractivity contribution is -0.126. The van der Waals surface area contributed by atoms with Crippen molar-refractivity contribution in [1.29, 1.82) is 0 Å². The van der Waals surface area contributed by atoms with Crippen molar-refractivity contribution in [3.8, 4) is 22.9 Å². The van der Waals surface area contributed by atoms with Gasteiger partial charge >= 0.3 is 0 Å². The SMILES string of the molecule is CC(C)(C)c1ccc(-c2noc(CN3CCC(C(=O)NCc4ccc5c(c4)OCO5)CC3)n2)cc1. The molecule has 8 nitrogen and oxygen atoms in total. The number of likely N-dealkylation sites (tertiary alicyclic amines) is 1. The molecule has 2 aromatic carbocycles. The Morgan fingerprint density at radius 3 is 2.54 bits per heavy atom. The van der Waals surface area contributed by atoms with Crippen molar-refractivity contribution in [3.05, 3.63) is 59.5 Å². The van der Waals surface area contributed by atoms with Crippen molar-refractivity contribution in [2.24, 2.45) is 5.92 Å². The number of nitrogens with one attached hydrogen (secondary N) is 1. The Bertz CT molecular complexity index is 1170. The molecule has 0 aliphatic carbocycles. The Hall–Kier alpha value is -3.39. The molecule has 0 spiro atoms. The van der Waals surface area contributed by atoms with Crippen LogP contribution in [-0.2, 0) is 23.3 Å². The molecule has 3 heterocycles. The third-order valence-electron chi connectivity index (χ3n) is 6.70. The molecule has 2 aliphatic heterocycles. The Balaban J connectivity index is 1.09. The summed E-state index contributed by atoms with van der Waals surface area (Å²) in [7, 11) is 0. The molecule has 1 N–H and O–H groups in total. The van der Waals surface area contributed by atoms with E-state index in [4.69, 9.17) is 14.0 Å². The lowest BCUT2D eigenvalue weighted by Gasteiger charge is -2.30. The Morgan fingerprint density at radius 2 is 1.80 bits per heavy atom. The number of nitrogens with zero attached hydrogens (tertiary/aromatic N) is 3. The summed E-state index contributed by atoms with van der Waals surface area (Å²) in [6, 6.07) is 14.1. The summed E-state index contributed by atoms with van der Waals surface area (Å²) in [6.45, 7) is 9.55.